The van der Waals surface area contributed by atoms with Crippen LogP contribution in [0.5, 0.6) is 0 Å². The molecule has 0 aliphatic carbocycles. The molecule has 1 aromatic rings. The number of hydrogen-bond acceptors (Lipinski definition) is 4. The molecule has 0 radical (unpaired) electrons. The second kappa shape index (κ2) is 7.62. The van der Waals surface area contributed by atoms with E-state index in [4.69, 9.17) is 9.47 Å². The van der Waals surface area contributed by atoms with Crippen molar-refractivity contribution in [3.8, 4) is 0 Å². The monoisotopic (exact) mass is 372 g/mol. The number of amides is 2. The van der Waals surface area contributed by atoms with Gasteiger partial charge < -0.3 is 9.47 Å². The summed E-state index contributed by atoms with van der Waals surface area (Å²) in [6.45, 7) is 10.1. The molecular weight excluding hydrogens is 344 g/mol. The minimum Gasteiger partial charge on any atom is -0.445 e. The standard InChI is InChI=1S/C21H28N2O4/c1-5-17-18-12-11-16(23(18)20(25)27-21(2,3)4)13-22(17)19(24)26-14-15-9-7-6-8-10-15/h5-10,16-18H,1,11-14H2,2-4H3/t16-,17?,18+/m1/s1. The number of ether oxygens (including phenoxy) is 2. The molecule has 146 valence electrons. The van der Waals surface area contributed by atoms with Gasteiger partial charge in [-0.2, -0.15) is 0 Å². The topological polar surface area (TPSA) is 59.1 Å². The lowest BCUT2D eigenvalue weighted by atomic mass is 10.0. The highest BCUT2D eigenvalue weighted by atomic mass is 16.6. The van der Waals surface area contributed by atoms with Gasteiger partial charge in [0.2, 0.25) is 0 Å². The summed E-state index contributed by atoms with van der Waals surface area (Å²) >= 11 is 0. The molecule has 1 unspecified atom stereocenters. The summed E-state index contributed by atoms with van der Waals surface area (Å²) in [5, 5.41) is 0. The smallest absolute Gasteiger partial charge is 0.410 e. The van der Waals surface area contributed by atoms with Crippen molar-refractivity contribution in [2.75, 3.05) is 6.54 Å². The molecule has 2 heterocycles. The van der Waals surface area contributed by atoms with Gasteiger partial charge in [0, 0.05) is 6.54 Å². The maximum absolute atomic E-state index is 12.7. The Labute approximate surface area is 160 Å². The first-order valence-electron chi connectivity index (χ1n) is 9.41. The lowest BCUT2D eigenvalue weighted by molar-refractivity contribution is -0.0156. The summed E-state index contributed by atoms with van der Waals surface area (Å²) < 4.78 is 11.1. The number of rotatable bonds is 3. The molecule has 27 heavy (non-hydrogen) atoms. The van der Waals surface area contributed by atoms with E-state index in [9.17, 15) is 9.59 Å². The third kappa shape index (κ3) is 4.26. The largest absolute Gasteiger partial charge is 0.445 e. The van der Waals surface area contributed by atoms with Gasteiger partial charge >= 0.3 is 12.2 Å². The van der Waals surface area contributed by atoms with Crippen LogP contribution < -0.4 is 0 Å². The van der Waals surface area contributed by atoms with Crippen molar-refractivity contribution in [3.05, 3.63) is 48.6 Å². The summed E-state index contributed by atoms with van der Waals surface area (Å²) in [5.41, 5.74) is 0.391. The highest BCUT2D eigenvalue weighted by Gasteiger charge is 2.50. The molecule has 2 aliphatic heterocycles. The van der Waals surface area contributed by atoms with E-state index in [1.807, 2.05) is 51.1 Å². The van der Waals surface area contributed by atoms with E-state index in [0.29, 0.717) is 6.54 Å². The van der Waals surface area contributed by atoms with E-state index in [1.54, 1.807) is 15.9 Å². The molecule has 2 aliphatic rings. The Morgan fingerprint density at radius 1 is 1.19 bits per heavy atom. The highest BCUT2D eigenvalue weighted by molar-refractivity contribution is 5.73. The van der Waals surface area contributed by atoms with Gasteiger partial charge in [-0.3, -0.25) is 9.80 Å². The Hall–Kier alpha value is -2.50. The van der Waals surface area contributed by atoms with Gasteiger partial charge in [0.05, 0.1) is 18.1 Å². The van der Waals surface area contributed by atoms with Gasteiger partial charge in [-0.25, -0.2) is 9.59 Å². The molecule has 2 bridgehead atoms. The lowest BCUT2D eigenvalue weighted by Crippen LogP contribution is -2.62. The number of fused-ring (bicyclic) bond motifs is 2. The molecule has 2 amide bonds. The van der Waals surface area contributed by atoms with Gasteiger partial charge in [-0.15, -0.1) is 6.58 Å². The number of carbonyl (C=O) groups is 2. The van der Waals surface area contributed by atoms with Gasteiger partial charge in [0.25, 0.3) is 0 Å². The number of likely N-dealkylation sites (tertiary alicyclic amines) is 1. The molecule has 0 aromatic heterocycles. The molecule has 0 spiro atoms. The average molecular weight is 372 g/mol. The lowest BCUT2D eigenvalue weighted by Gasteiger charge is -2.45. The zero-order valence-electron chi connectivity index (χ0n) is 16.3. The molecule has 6 heteroatoms. The second-order valence-corrected chi connectivity index (χ2v) is 8.10. The van der Waals surface area contributed by atoms with E-state index in [0.717, 1.165) is 18.4 Å². The molecule has 6 nitrogen and oxygen atoms in total. The van der Waals surface area contributed by atoms with E-state index >= 15 is 0 Å². The first kappa shape index (κ1) is 19.3. The van der Waals surface area contributed by atoms with E-state index in [1.165, 1.54) is 0 Å². The molecule has 0 N–H and O–H groups in total. The summed E-state index contributed by atoms with van der Waals surface area (Å²) in [4.78, 5) is 28.8. The van der Waals surface area contributed by atoms with Crippen molar-refractivity contribution < 1.29 is 19.1 Å². The van der Waals surface area contributed by atoms with Crippen LogP contribution in [0.1, 0.15) is 39.2 Å². The van der Waals surface area contributed by atoms with Crippen molar-refractivity contribution in [2.24, 2.45) is 0 Å². The van der Waals surface area contributed by atoms with E-state index < -0.39 is 5.60 Å². The molecule has 3 rings (SSSR count). The number of hydrogen-bond donors (Lipinski definition) is 0. The third-order valence-corrected chi connectivity index (χ3v) is 4.99. The second-order valence-electron chi connectivity index (χ2n) is 8.10. The van der Waals surface area contributed by atoms with E-state index in [2.05, 4.69) is 6.58 Å². The fourth-order valence-electron chi connectivity index (χ4n) is 3.87. The average Bonchev–Trinajstić information content (AvgIpc) is 2.94. The fourth-order valence-corrected chi connectivity index (χ4v) is 3.87. The summed E-state index contributed by atoms with van der Waals surface area (Å²) in [5.74, 6) is 0. The minimum atomic E-state index is -0.550. The van der Waals surface area contributed by atoms with Crippen molar-refractivity contribution >= 4 is 12.2 Å². The number of benzene rings is 1. The molecular formula is C21H28N2O4. The van der Waals surface area contributed by atoms with Crippen LogP contribution in [0.2, 0.25) is 0 Å². The van der Waals surface area contributed by atoms with Crippen molar-refractivity contribution in [3.63, 3.8) is 0 Å². The first-order valence-corrected chi connectivity index (χ1v) is 9.41. The third-order valence-electron chi connectivity index (χ3n) is 4.99. The van der Waals surface area contributed by atoms with Gasteiger partial charge in [-0.1, -0.05) is 36.4 Å². The SMILES string of the molecule is C=CC1[C@@H]2CC[C@H](CN1C(=O)OCc1ccccc1)N2C(=O)OC(C)(C)C. The molecule has 1 aromatic carbocycles. The van der Waals surface area contributed by atoms with Crippen LogP contribution in [-0.4, -0.2) is 52.3 Å². The quantitative estimate of drug-likeness (QED) is 0.754. The maximum Gasteiger partial charge on any atom is 0.410 e. The highest BCUT2D eigenvalue weighted by Crippen LogP contribution is 2.36. The fraction of sp³-hybridized carbons (Fsp3) is 0.524. The zero-order chi connectivity index (χ0) is 19.6. The van der Waals surface area contributed by atoms with Crippen LogP contribution in [-0.2, 0) is 16.1 Å². The minimum absolute atomic E-state index is 0.0506. The Bertz CT molecular complexity index is 698. The van der Waals surface area contributed by atoms with E-state index in [-0.39, 0.29) is 36.9 Å². The zero-order valence-corrected chi connectivity index (χ0v) is 16.3. The van der Waals surface area contributed by atoms with Crippen molar-refractivity contribution in [2.45, 2.75) is 63.9 Å². The Morgan fingerprint density at radius 2 is 1.89 bits per heavy atom. The van der Waals surface area contributed by atoms with Crippen LogP contribution >= 0.6 is 0 Å². The molecule has 0 saturated carbocycles. The molecule has 2 saturated heterocycles. The van der Waals surface area contributed by atoms with Crippen molar-refractivity contribution in [1.29, 1.82) is 0 Å². The normalized spacial score (nSPS) is 24.5. The maximum atomic E-state index is 12.7. The van der Waals surface area contributed by atoms with Crippen LogP contribution in [0, 0.1) is 0 Å². The molecule has 2 fully saturated rings. The predicted molar refractivity (Wildman–Crippen MR) is 102 cm³/mol. The first-order chi connectivity index (χ1) is 12.8. The van der Waals surface area contributed by atoms with Gasteiger partial charge in [0.15, 0.2) is 0 Å². The van der Waals surface area contributed by atoms with Gasteiger partial charge in [0.1, 0.15) is 12.2 Å². The summed E-state index contributed by atoms with van der Waals surface area (Å²) in [7, 11) is 0. The summed E-state index contributed by atoms with van der Waals surface area (Å²) in [6.07, 6.45) is 2.70. The van der Waals surface area contributed by atoms with Crippen LogP contribution in [0.4, 0.5) is 9.59 Å². The van der Waals surface area contributed by atoms with Crippen LogP contribution in [0.3, 0.4) is 0 Å². The van der Waals surface area contributed by atoms with Crippen molar-refractivity contribution in [1.82, 2.24) is 9.80 Å². The number of piperazine rings is 1. The number of carbonyl (C=O) groups excluding carboxylic acids is 2. The summed E-state index contributed by atoms with van der Waals surface area (Å²) in [6, 6.07) is 9.13. The molecule has 3 atom stereocenters. The Balaban J connectivity index is 1.68. The predicted octanol–water partition coefficient (Wildman–Crippen LogP) is 3.96. The van der Waals surface area contributed by atoms with Crippen LogP contribution in [0.25, 0.3) is 0 Å². The van der Waals surface area contributed by atoms with Gasteiger partial charge in [-0.05, 0) is 39.2 Å². The number of nitrogens with zero attached hydrogens (tertiary/aromatic N) is 2. The Morgan fingerprint density at radius 3 is 2.52 bits per heavy atom. The van der Waals surface area contributed by atoms with Crippen LogP contribution in [0.15, 0.2) is 43.0 Å². The Kier molecular flexibility index (Phi) is 5.44.